The Hall–Kier alpha value is -7.41. The molecule has 12 rings (SSSR count). The second kappa shape index (κ2) is 12.6. The van der Waals surface area contributed by atoms with Crippen molar-refractivity contribution in [1.82, 2.24) is 24.1 Å². The zero-order valence-corrected chi connectivity index (χ0v) is 31.4. The Morgan fingerprint density at radius 3 is 1.46 bits per heavy atom. The standard InChI is InChI=1S/C51H31N5S/c1-3-14-32(15-4-1)49-52-50(33-16-5-2-6-17-33)54-51(53-49)34-26-28-35(29-27-34)55-42-22-10-7-18-36(42)40-30-41-37-19-8-11-23-43(37)56(46(41)31-45(40)55)44-24-13-21-39-38-20-9-12-25-47(38)57-48(39)44/h1-31H. The van der Waals surface area contributed by atoms with Crippen molar-refractivity contribution in [3.05, 3.63) is 188 Å². The van der Waals surface area contributed by atoms with Crippen molar-refractivity contribution in [2.75, 3.05) is 0 Å². The molecule has 0 fully saturated rings. The summed E-state index contributed by atoms with van der Waals surface area (Å²) >= 11 is 1.87. The molecule has 0 unspecified atom stereocenters. The van der Waals surface area contributed by atoms with Crippen molar-refractivity contribution in [1.29, 1.82) is 0 Å². The van der Waals surface area contributed by atoms with Crippen molar-refractivity contribution in [3.8, 4) is 45.5 Å². The van der Waals surface area contributed by atoms with Crippen LogP contribution in [0.2, 0.25) is 0 Å². The normalized spacial score (nSPS) is 11.9. The minimum absolute atomic E-state index is 0.637. The van der Waals surface area contributed by atoms with E-state index >= 15 is 0 Å². The second-order valence-corrected chi connectivity index (χ2v) is 15.5. The highest BCUT2D eigenvalue weighted by atomic mass is 32.1. The van der Waals surface area contributed by atoms with Crippen molar-refractivity contribution in [2.24, 2.45) is 0 Å². The smallest absolute Gasteiger partial charge is 0.164 e. The summed E-state index contributed by atoms with van der Waals surface area (Å²) in [5, 5.41) is 7.53. The molecule has 5 nitrogen and oxygen atoms in total. The minimum Gasteiger partial charge on any atom is -0.309 e. The molecular formula is C51H31N5S. The van der Waals surface area contributed by atoms with Crippen molar-refractivity contribution in [2.45, 2.75) is 0 Å². The van der Waals surface area contributed by atoms with Crippen LogP contribution in [0, 0.1) is 0 Å². The van der Waals surface area contributed by atoms with Gasteiger partial charge in [-0.2, -0.15) is 0 Å². The van der Waals surface area contributed by atoms with E-state index in [-0.39, 0.29) is 0 Å². The summed E-state index contributed by atoms with van der Waals surface area (Å²) in [6.07, 6.45) is 0. The third-order valence-corrected chi connectivity index (χ3v) is 12.4. The first kappa shape index (κ1) is 31.9. The van der Waals surface area contributed by atoms with Gasteiger partial charge in [0, 0.05) is 59.4 Å². The fraction of sp³-hybridized carbons (Fsp3) is 0. The van der Waals surface area contributed by atoms with Gasteiger partial charge in [-0.05, 0) is 60.7 Å². The van der Waals surface area contributed by atoms with Crippen LogP contribution in [-0.2, 0) is 0 Å². The van der Waals surface area contributed by atoms with Crippen molar-refractivity contribution < 1.29 is 0 Å². The molecular weight excluding hydrogens is 715 g/mol. The first-order valence-corrected chi connectivity index (χ1v) is 19.9. The van der Waals surface area contributed by atoms with Gasteiger partial charge in [-0.3, -0.25) is 0 Å². The van der Waals surface area contributed by atoms with Gasteiger partial charge >= 0.3 is 0 Å². The molecule has 0 radical (unpaired) electrons. The number of para-hydroxylation sites is 2. The molecule has 0 atom stereocenters. The predicted octanol–water partition coefficient (Wildman–Crippen LogP) is 13.4. The molecule has 0 saturated carbocycles. The van der Waals surface area contributed by atoms with Crippen LogP contribution in [-0.4, -0.2) is 24.1 Å². The number of benzene rings is 8. The van der Waals surface area contributed by atoms with Crippen LogP contribution in [0.4, 0.5) is 0 Å². The number of thiophene rings is 1. The number of hydrogen-bond donors (Lipinski definition) is 0. The van der Waals surface area contributed by atoms with Crippen LogP contribution >= 0.6 is 11.3 Å². The molecule has 0 bridgehead atoms. The summed E-state index contributed by atoms with van der Waals surface area (Å²) in [5.74, 6) is 1.94. The van der Waals surface area contributed by atoms with Gasteiger partial charge < -0.3 is 9.13 Å². The average Bonchev–Trinajstić information content (AvgIpc) is 3.94. The zero-order chi connectivity index (χ0) is 37.5. The van der Waals surface area contributed by atoms with Crippen LogP contribution in [0.1, 0.15) is 0 Å². The summed E-state index contributed by atoms with van der Waals surface area (Å²) in [6.45, 7) is 0. The van der Waals surface area contributed by atoms with Crippen LogP contribution in [0.15, 0.2) is 188 Å². The van der Waals surface area contributed by atoms with Gasteiger partial charge in [-0.25, -0.2) is 15.0 Å². The van der Waals surface area contributed by atoms with Crippen LogP contribution in [0.25, 0.3) is 109 Å². The molecule has 0 aliphatic heterocycles. The van der Waals surface area contributed by atoms with Crippen LogP contribution in [0.5, 0.6) is 0 Å². The maximum absolute atomic E-state index is 4.99. The van der Waals surface area contributed by atoms with E-state index in [9.17, 15) is 0 Å². The third kappa shape index (κ3) is 4.98. The van der Waals surface area contributed by atoms with Gasteiger partial charge in [-0.15, -0.1) is 11.3 Å². The Morgan fingerprint density at radius 2 is 0.825 bits per heavy atom. The molecule has 0 amide bonds. The minimum atomic E-state index is 0.637. The molecule has 0 N–H and O–H groups in total. The highest BCUT2D eigenvalue weighted by Gasteiger charge is 2.21. The Balaban J connectivity index is 1.07. The summed E-state index contributed by atoms with van der Waals surface area (Å²) in [5.41, 5.74) is 9.80. The van der Waals surface area contributed by atoms with E-state index in [0.717, 1.165) is 33.4 Å². The molecule has 12 aromatic rings. The summed E-state index contributed by atoms with van der Waals surface area (Å²) in [7, 11) is 0. The first-order valence-electron chi connectivity index (χ1n) is 19.1. The molecule has 57 heavy (non-hydrogen) atoms. The molecule has 0 aliphatic rings. The van der Waals surface area contributed by atoms with E-state index < -0.39 is 0 Å². The van der Waals surface area contributed by atoms with Crippen molar-refractivity contribution >= 4 is 75.1 Å². The van der Waals surface area contributed by atoms with Gasteiger partial charge in [0.1, 0.15) is 0 Å². The number of fused-ring (bicyclic) bond motifs is 9. The second-order valence-electron chi connectivity index (χ2n) is 14.4. The maximum Gasteiger partial charge on any atom is 0.164 e. The lowest BCUT2D eigenvalue weighted by Gasteiger charge is -2.12. The molecule has 0 spiro atoms. The fourth-order valence-corrected chi connectivity index (χ4v) is 9.78. The van der Waals surface area contributed by atoms with Gasteiger partial charge in [0.2, 0.25) is 0 Å². The van der Waals surface area contributed by atoms with E-state index in [2.05, 4.69) is 137 Å². The number of rotatable bonds is 5. The fourth-order valence-electron chi connectivity index (χ4n) is 8.57. The maximum atomic E-state index is 4.99. The topological polar surface area (TPSA) is 48.5 Å². The largest absolute Gasteiger partial charge is 0.309 e. The first-order chi connectivity index (χ1) is 28.3. The van der Waals surface area contributed by atoms with Crippen LogP contribution in [0.3, 0.4) is 0 Å². The molecule has 4 heterocycles. The summed E-state index contributed by atoms with van der Waals surface area (Å²) < 4.78 is 7.47. The number of aromatic nitrogens is 5. The lowest BCUT2D eigenvalue weighted by molar-refractivity contribution is 1.07. The Kier molecular flexibility index (Phi) is 7.03. The van der Waals surface area contributed by atoms with E-state index in [1.54, 1.807) is 0 Å². The van der Waals surface area contributed by atoms with E-state index in [4.69, 9.17) is 15.0 Å². The molecule has 6 heteroatoms. The number of hydrogen-bond acceptors (Lipinski definition) is 4. The highest BCUT2D eigenvalue weighted by molar-refractivity contribution is 7.26. The molecule has 0 aliphatic carbocycles. The summed E-state index contributed by atoms with van der Waals surface area (Å²) in [4.78, 5) is 14.9. The van der Waals surface area contributed by atoms with Crippen LogP contribution < -0.4 is 0 Å². The van der Waals surface area contributed by atoms with Gasteiger partial charge in [0.05, 0.1) is 32.5 Å². The molecule has 8 aromatic carbocycles. The quantitative estimate of drug-likeness (QED) is 0.176. The lowest BCUT2D eigenvalue weighted by Crippen LogP contribution is -2.00. The Labute approximate surface area is 331 Å². The Bertz CT molecular complexity index is 3450. The van der Waals surface area contributed by atoms with Gasteiger partial charge in [-0.1, -0.05) is 127 Å². The van der Waals surface area contributed by atoms with Gasteiger partial charge in [0.15, 0.2) is 17.5 Å². The monoisotopic (exact) mass is 745 g/mol. The zero-order valence-electron chi connectivity index (χ0n) is 30.5. The average molecular weight is 746 g/mol. The third-order valence-electron chi connectivity index (χ3n) is 11.2. The van der Waals surface area contributed by atoms with Gasteiger partial charge in [0.25, 0.3) is 0 Å². The van der Waals surface area contributed by atoms with Crippen molar-refractivity contribution in [3.63, 3.8) is 0 Å². The highest BCUT2D eigenvalue weighted by Crippen LogP contribution is 2.43. The molecule has 4 aromatic heterocycles. The predicted molar refractivity (Wildman–Crippen MR) is 238 cm³/mol. The van der Waals surface area contributed by atoms with E-state index in [1.165, 1.54) is 58.4 Å². The number of nitrogens with zero attached hydrogens (tertiary/aromatic N) is 5. The van der Waals surface area contributed by atoms with E-state index in [1.807, 2.05) is 72.0 Å². The SMILES string of the molecule is c1ccc(-c2nc(-c3ccccc3)nc(-c3ccc(-n4c5ccccc5c5cc6c7ccccc7n(-c7cccc8c7sc7ccccc78)c6cc54)cc3)n2)cc1. The van der Waals surface area contributed by atoms with E-state index in [0.29, 0.717) is 17.5 Å². The lowest BCUT2D eigenvalue weighted by atomic mass is 10.1. The Morgan fingerprint density at radius 1 is 0.333 bits per heavy atom. The molecule has 0 saturated heterocycles. The molecule has 266 valence electrons. The summed E-state index contributed by atoms with van der Waals surface area (Å²) in [6, 6.07) is 66.7.